The summed E-state index contributed by atoms with van der Waals surface area (Å²) >= 11 is 0. The maximum absolute atomic E-state index is 13.7. The molecule has 0 bridgehead atoms. The molecular weight excluding hydrogens is 532 g/mol. The van der Waals surface area contributed by atoms with E-state index in [0.717, 1.165) is 28.3 Å². The van der Waals surface area contributed by atoms with E-state index in [1.54, 1.807) is 31.2 Å². The van der Waals surface area contributed by atoms with Crippen LogP contribution in [0, 0.1) is 0 Å². The molecule has 0 aromatic heterocycles. The van der Waals surface area contributed by atoms with Gasteiger partial charge in [0.1, 0.15) is 0 Å². The van der Waals surface area contributed by atoms with Crippen LogP contribution in [0.4, 0.5) is 5.69 Å². The van der Waals surface area contributed by atoms with Gasteiger partial charge in [-0.1, -0.05) is 42.5 Å². The molecular formula is C30H34N2O7S. The summed E-state index contributed by atoms with van der Waals surface area (Å²) in [6, 6.07) is 20.8. The first-order chi connectivity index (χ1) is 19.2. The number of rotatable bonds is 13. The van der Waals surface area contributed by atoms with E-state index in [1.807, 2.05) is 30.3 Å². The first-order valence-corrected chi connectivity index (χ1v) is 14.5. The van der Waals surface area contributed by atoms with Gasteiger partial charge < -0.3 is 19.5 Å². The zero-order valence-electron chi connectivity index (χ0n) is 22.9. The SMILES string of the molecule is CCOC(=O)C1(c2ccc(NC(=O)CN(CCc3ccccc3)S(=O)(=O)c3ccc(OC)c(OC)c3)cc2)CC1. The second kappa shape index (κ2) is 12.5. The van der Waals surface area contributed by atoms with Crippen LogP contribution in [-0.4, -0.2) is 58.5 Å². The molecule has 0 atom stereocenters. The van der Waals surface area contributed by atoms with Crippen LogP contribution < -0.4 is 14.8 Å². The molecule has 40 heavy (non-hydrogen) atoms. The molecule has 212 valence electrons. The summed E-state index contributed by atoms with van der Waals surface area (Å²) in [5, 5.41) is 2.78. The number of nitrogens with zero attached hydrogens (tertiary/aromatic N) is 1. The van der Waals surface area contributed by atoms with Crippen LogP contribution in [0.5, 0.6) is 11.5 Å². The van der Waals surface area contributed by atoms with Gasteiger partial charge in [0.25, 0.3) is 0 Å². The largest absolute Gasteiger partial charge is 0.493 e. The fraction of sp³-hybridized carbons (Fsp3) is 0.333. The molecule has 1 saturated carbocycles. The second-order valence-electron chi connectivity index (χ2n) is 9.52. The van der Waals surface area contributed by atoms with Crippen molar-refractivity contribution in [3.63, 3.8) is 0 Å². The average Bonchev–Trinajstić information content (AvgIpc) is 3.78. The molecule has 1 amide bonds. The van der Waals surface area contributed by atoms with E-state index in [0.29, 0.717) is 24.5 Å². The van der Waals surface area contributed by atoms with Crippen molar-refractivity contribution in [2.75, 3.05) is 39.2 Å². The van der Waals surface area contributed by atoms with Crippen LogP contribution in [0.25, 0.3) is 0 Å². The monoisotopic (exact) mass is 566 g/mol. The van der Waals surface area contributed by atoms with Crippen molar-refractivity contribution in [2.24, 2.45) is 0 Å². The molecule has 0 spiro atoms. The molecule has 1 fully saturated rings. The van der Waals surface area contributed by atoms with E-state index in [1.165, 1.54) is 32.4 Å². The first kappa shape index (κ1) is 29.1. The highest BCUT2D eigenvalue weighted by Gasteiger charge is 2.52. The number of hydrogen-bond donors (Lipinski definition) is 1. The van der Waals surface area contributed by atoms with Gasteiger partial charge in [-0.05, 0) is 61.6 Å². The average molecular weight is 567 g/mol. The van der Waals surface area contributed by atoms with Crippen molar-refractivity contribution in [3.8, 4) is 11.5 Å². The summed E-state index contributed by atoms with van der Waals surface area (Å²) in [5.74, 6) is -0.0561. The summed E-state index contributed by atoms with van der Waals surface area (Å²) in [6.07, 6.45) is 1.87. The van der Waals surface area contributed by atoms with Gasteiger partial charge in [0.05, 0.1) is 37.7 Å². The fourth-order valence-corrected chi connectivity index (χ4v) is 5.96. The van der Waals surface area contributed by atoms with Crippen molar-refractivity contribution < 1.29 is 32.2 Å². The van der Waals surface area contributed by atoms with Crippen LogP contribution in [-0.2, 0) is 36.2 Å². The molecule has 0 radical (unpaired) electrons. The van der Waals surface area contributed by atoms with Gasteiger partial charge >= 0.3 is 5.97 Å². The third-order valence-electron chi connectivity index (χ3n) is 6.94. The second-order valence-corrected chi connectivity index (χ2v) is 11.5. The molecule has 1 aliphatic carbocycles. The molecule has 3 aromatic carbocycles. The van der Waals surface area contributed by atoms with Gasteiger partial charge in [-0.25, -0.2) is 8.42 Å². The van der Waals surface area contributed by atoms with Crippen molar-refractivity contribution >= 4 is 27.6 Å². The van der Waals surface area contributed by atoms with E-state index in [2.05, 4.69) is 5.32 Å². The number of sulfonamides is 1. The van der Waals surface area contributed by atoms with Gasteiger partial charge in [-0.3, -0.25) is 9.59 Å². The Hall–Kier alpha value is -3.89. The van der Waals surface area contributed by atoms with Crippen LogP contribution >= 0.6 is 0 Å². The summed E-state index contributed by atoms with van der Waals surface area (Å²) in [7, 11) is -1.17. The zero-order chi connectivity index (χ0) is 28.8. The Balaban J connectivity index is 1.52. The molecule has 4 rings (SSSR count). The van der Waals surface area contributed by atoms with E-state index in [9.17, 15) is 18.0 Å². The molecule has 0 unspecified atom stereocenters. The highest BCUT2D eigenvalue weighted by molar-refractivity contribution is 7.89. The highest BCUT2D eigenvalue weighted by atomic mass is 32.2. The maximum atomic E-state index is 13.7. The quantitative estimate of drug-likeness (QED) is 0.309. The van der Waals surface area contributed by atoms with Crippen molar-refractivity contribution in [2.45, 2.75) is 36.5 Å². The van der Waals surface area contributed by atoms with Crippen molar-refractivity contribution in [3.05, 3.63) is 83.9 Å². The minimum Gasteiger partial charge on any atom is -0.493 e. The van der Waals surface area contributed by atoms with Gasteiger partial charge in [0.15, 0.2) is 11.5 Å². The van der Waals surface area contributed by atoms with Gasteiger partial charge in [-0.15, -0.1) is 0 Å². The normalized spacial score (nSPS) is 13.9. The van der Waals surface area contributed by atoms with Gasteiger partial charge in [-0.2, -0.15) is 4.31 Å². The maximum Gasteiger partial charge on any atom is 0.316 e. The molecule has 1 aliphatic rings. The predicted molar refractivity (Wildman–Crippen MR) is 151 cm³/mol. The van der Waals surface area contributed by atoms with E-state index < -0.39 is 27.9 Å². The Morgan fingerprint density at radius 3 is 2.20 bits per heavy atom. The lowest BCUT2D eigenvalue weighted by molar-refractivity contribution is -0.146. The third-order valence-corrected chi connectivity index (χ3v) is 8.78. The third kappa shape index (κ3) is 6.46. The summed E-state index contributed by atoms with van der Waals surface area (Å²) in [4.78, 5) is 25.5. The van der Waals surface area contributed by atoms with Crippen molar-refractivity contribution in [1.29, 1.82) is 0 Å². The van der Waals surface area contributed by atoms with Crippen LogP contribution in [0.2, 0.25) is 0 Å². The topological polar surface area (TPSA) is 111 Å². The number of ether oxygens (including phenoxy) is 3. The fourth-order valence-electron chi connectivity index (χ4n) is 4.55. The van der Waals surface area contributed by atoms with E-state index in [-0.39, 0.29) is 23.2 Å². The lowest BCUT2D eigenvalue weighted by Crippen LogP contribution is -2.39. The Morgan fingerprint density at radius 2 is 1.60 bits per heavy atom. The van der Waals surface area contributed by atoms with Crippen LogP contribution in [0.15, 0.2) is 77.7 Å². The number of carbonyl (C=O) groups excluding carboxylic acids is 2. The zero-order valence-corrected chi connectivity index (χ0v) is 23.7. The van der Waals surface area contributed by atoms with Crippen LogP contribution in [0.1, 0.15) is 30.9 Å². The van der Waals surface area contributed by atoms with Gasteiger partial charge in [0.2, 0.25) is 15.9 Å². The number of hydrogen-bond acceptors (Lipinski definition) is 7. The number of amides is 1. The van der Waals surface area contributed by atoms with Crippen molar-refractivity contribution in [1.82, 2.24) is 4.31 Å². The predicted octanol–water partition coefficient (Wildman–Crippen LogP) is 4.17. The molecule has 3 aromatic rings. The summed E-state index contributed by atoms with van der Waals surface area (Å²) < 4.78 is 44.3. The summed E-state index contributed by atoms with van der Waals surface area (Å²) in [5.41, 5.74) is 1.67. The van der Waals surface area contributed by atoms with E-state index >= 15 is 0 Å². The molecule has 1 N–H and O–H groups in total. The number of anilines is 1. The Labute approximate surface area is 235 Å². The number of esters is 1. The number of methoxy groups -OCH3 is 2. The van der Waals surface area contributed by atoms with E-state index in [4.69, 9.17) is 14.2 Å². The highest BCUT2D eigenvalue weighted by Crippen LogP contribution is 2.49. The number of benzene rings is 3. The minimum atomic E-state index is -4.06. The van der Waals surface area contributed by atoms with Crippen LogP contribution in [0.3, 0.4) is 0 Å². The van der Waals surface area contributed by atoms with Gasteiger partial charge in [0, 0.05) is 18.3 Å². The molecule has 9 nitrogen and oxygen atoms in total. The molecule has 10 heteroatoms. The Morgan fingerprint density at radius 1 is 0.925 bits per heavy atom. The lowest BCUT2D eigenvalue weighted by atomic mass is 9.96. The number of nitrogens with one attached hydrogen (secondary N) is 1. The smallest absolute Gasteiger partial charge is 0.316 e. The number of carbonyl (C=O) groups is 2. The standard InChI is InChI=1S/C30H34N2O7S/c1-4-39-29(34)30(17-18-30)23-10-12-24(13-11-23)31-28(33)21-32(19-16-22-8-6-5-7-9-22)40(35,36)25-14-15-26(37-2)27(20-25)38-3/h5-15,20H,4,16-19,21H2,1-3H3,(H,31,33). The Kier molecular flexibility index (Phi) is 9.11. The molecule has 0 heterocycles. The first-order valence-electron chi connectivity index (χ1n) is 13.1. The summed E-state index contributed by atoms with van der Waals surface area (Å²) in [6.45, 7) is 1.80. The minimum absolute atomic E-state index is 0.0101. The molecule has 0 aliphatic heterocycles. The Bertz CT molecular complexity index is 1440. The lowest BCUT2D eigenvalue weighted by Gasteiger charge is -2.22. The molecule has 0 saturated heterocycles.